The molecule has 0 bridgehead atoms. The number of Topliss-reactive ketones (excluding diaryl/α,β-unsaturated/α-hetero) is 1. The van der Waals surface area contributed by atoms with Crippen molar-refractivity contribution >= 4 is 5.78 Å². The van der Waals surface area contributed by atoms with E-state index < -0.39 is 0 Å². The molecule has 114 valence electrons. The number of phenols is 3. The molecule has 0 saturated heterocycles. The molecule has 4 heteroatoms. The molecule has 0 aliphatic heterocycles. The minimum Gasteiger partial charge on any atom is -0.508 e. The van der Waals surface area contributed by atoms with Crippen molar-refractivity contribution in [3.05, 3.63) is 17.7 Å². The van der Waals surface area contributed by atoms with E-state index in [1.807, 2.05) is 0 Å². The first kappa shape index (κ1) is 18.3. The van der Waals surface area contributed by atoms with Gasteiger partial charge < -0.3 is 15.3 Å². The Balaban J connectivity index is 0.000000361. The second-order valence-corrected chi connectivity index (χ2v) is 5.84. The third-order valence-corrected chi connectivity index (χ3v) is 2.61. The zero-order chi connectivity index (χ0) is 15.9. The lowest BCUT2D eigenvalue weighted by molar-refractivity contribution is -0.120. The van der Waals surface area contributed by atoms with Crippen LogP contribution in [-0.4, -0.2) is 21.1 Å². The fourth-order valence-corrected chi connectivity index (χ4v) is 1.66. The Hall–Kier alpha value is -1.71. The molecule has 0 heterocycles. The van der Waals surface area contributed by atoms with Gasteiger partial charge in [0.05, 0.1) is 0 Å². The Kier molecular flexibility index (Phi) is 7.74. The van der Waals surface area contributed by atoms with Crippen LogP contribution in [-0.2, 0) is 4.79 Å². The summed E-state index contributed by atoms with van der Waals surface area (Å²) in [5, 5.41) is 26.7. The average molecular weight is 282 g/mol. The fourth-order valence-electron chi connectivity index (χ4n) is 1.66. The van der Waals surface area contributed by atoms with Gasteiger partial charge in [-0.3, -0.25) is 4.79 Å². The van der Waals surface area contributed by atoms with Crippen LogP contribution in [0.2, 0.25) is 0 Å². The molecule has 0 spiro atoms. The van der Waals surface area contributed by atoms with Crippen LogP contribution in [0.25, 0.3) is 0 Å². The monoisotopic (exact) mass is 282 g/mol. The number of carbonyl (C=O) groups excluding carboxylic acids is 1. The summed E-state index contributed by atoms with van der Waals surface area (Å²) in [7, 11) is 0. The predicted octanol–water partition coefficient (Wildman–Crippen LogP) is 3.76. The van der Waals surface area contributed by atoms with E-state index in [9.17, 15) is 4.79 Å². The van der Waals surface area contributed by atoms with Gasteiger partial charge in [0.2, 0.25) is 0 Å². The Morgan fingerprint density at radius 1 is 0.950 bits per heavy atom. The lowest BCUT2D eigenvalue weighted by Gasteiger charge is -2.05. The Morgan fingerprint density at radius 2 is 1.30 bits per heavy atom. The maximum absolute atomic E-state index is 11.1. The van der Waals surface area contributed by atoms with Crippen molar-refractivity contribution in [2.45, 2.75) is 47.5 Å². The molecule has 1 aromatic rings. The molecule has 0 aliphatic rings. The zero-order valence-electron chi connectivity index (χ0n) is 13.0. The van der Waals surface area contributed by atoms with Crippen LogP contribution in [0.4, 0.5) is 0 Å². The van der Waals surface area contributed by atoms with Crippen molar-refractivity contribution in [2.75, 3.05) is 0 Å². The second kappa shape index (κ2) is 8.46. The summed E-state index contributed by atoms with van der Waals surface area (Å²) in [6, 6.07) is 2.35. The van der Waals surface area contributed by atoms with E-state index in [0.29, 0.717) is 23.2 Å². The summed E-state index contributed by atoms with van der Waals surface area (Å²) in [6.45, 7) is 9.89. The lowest BCUT2D eigenvalue weighted by Crippen LogP contribution is -2.05. The van der Waals surface area contributed by atoms with Crippen molar-refractivity contribution in [3.63, 3.8) is 0 Å². The van der Waals surface area contributed by atoms with Gasteiger partial charge in [-0.25, -0.2) is 0 Å². The molecule has 0 amide bonds. The highest BCUT2D eigenvalue weighted by atomic mass is 16.3. The van der Waals surface area contributed by atoms with Crippen LogP contribution >= 0.6 is 0 Å². The van der Waals surface area contributed by atoms with Crippen molar-refractivity contribution < 1.29 is 20.1 Å². The Labute approximate surface area is 121 Å². The van der Waals surface area contributed by atoms with Gasteiger partial charge in [-0.1, -0.05) is 27.7 Å². The molecule has 1 aromatic carbocycles. The highest BCUT2D eigenvalue weighted by molar-refractivity contribution is 5.78. The number of benzene rings is 1. The maximum atomic E-state index is 11.1. The van der Waals surface area contributed by atoms with E-state index in [1.54, 1.807) is 6.92 Å². The molecule has 20 heavy (non-hydrogen) atoms. The van der Waals surface area contributed by atoms with Gasteiger partial charge in [0.15, 0.2) is 0 Å². The molecule has 1 rings (SSSR count). The maximum Gasteiger partial charge on any atom is 0.133 e. The molecule has 4 nitrogen and oxygen atoms in total. The number of hydrogen-bond donors (Lipinski definition) is 3. The summed E-state index contributed by atoms with van der Waals surface area (Å²) >= 11 is 0. The second-order valence-electron chi connectivity index (χ2n) is 5.84. The van der Waals surface area contributed by atoms with Gasteiger partial charge in [0.1, 0.15) is 23.0 Å². The highest BCUT2D eigenvalue weighted by Gasteiger charge is 2.06. The normalized spacial score (nSPS) is 10.3. The summed E-state index contributed by atoms with van der Waals surface area (Å²) in [6.07, 6.45) is 1.50. The van der Waals surface area contributed by atoms with Crippen LogP contribution in [0.5, 0.6) is 17.2 Å². The standard InChI is InChI=1S/C9H18O.C7H8O3/c1-7(2)5-9(10)6-8(3)4;1-4-6(9)2-5(8)3-7(4)10/h7-8H,5-6H2,1-4H3;2-3,8-10H,1H3. The van der Waals surface area contributed by atoms with Gasteiger partial charge in [0, 0.05) is 30.5 Å². The average Bonchev–Trinajstić information content (AvgIpc) is 2.24. The van der Waals surface area contributed by atoms with Crippen LogP contribution in [0.15, 0.2) is 12.1 Å². The van der Waals surface area contributed by atoms with Crippen molar-refractivity contribution in [2.24, 2.45) is 11.8 Å². The molecule has 0 saturated carbocycles. The number of phenolic OH excluding ortho intramolecular Hbond substituents is 3. The van der Waals surface area contributed by atoms with Gasteiger partial charge in [-0.15, -0.1) is 0 Å². The highest BCUT2D eigenvalue weighted by Crippen LogP contribution is 2.30. The number of carbonyl (C=O) groups is 1. The quantitative estimate of drug-likeness (QED) is 0.785. The molecular weight excluding hydrogens is 256 g/mol. The number of rotatable bonds is 4. The van der Waals surface area contributed by atoms with Crippen LogP contribution in [0.3, 0.4) is 0 Å². The first-order valence-electron chi connectivity index (χ1n) is 6.86. The van der Waals surface area contributed by atoms with Gasteiger partial charge in [-0.2, -0.15) is 0 Å². The van der Waals surface area contributed by atoms with Crippen LogP contribution in [0.1, 0.15) is 46.1 Å². The van der Waals surface area contributed by atoms with E-state index >= 15 is 0 Å². The van der Waals surface area contributed by atoms with Crippen molar-refractivity contribution in [1.82, 2.24) is 0 Å². The Morgan fingerprint density at radius 3 is 1.60 bits per heavy atom. The first-order chi connectivity index (χ1) is 9.13. The third kappa shape index (κ3) is 7.67. The van der Waals surface area contributed by atoms with E-state index in [4.69, 9.17) is 15.3 Å². The SMILES string of the molecule is CC(C)CC(=O)CC(C)C.Cc1c(O)cc(O)cc1O. The minimum absolute atomic E-state index is 0.0995. The molecule has 0 unspecified atom stereocenters. The Bertz CT molecular complexity index is 401. The van der Waals surface area contributed by atoms with Gasteiger partial charge >= 0.3 is 0 Å². The van der Waals surface area contributed by atoms with Crippen molar-refractivity contribution in [3.8, 4) is 17.2 Å². The summed E-state index contributed by atoms with van der Waals surface area (Å²) in [4.78, 5) is 11.1. The van der Waals surface area contributed by atoms with Crippen LogP contribution < -0.4 is 0 Å². The number of ketones is 1. The molecule has 0 aliphatic carbocycles. The van der Waals surface area contributed by atoms with E-state index in [1.165, 1.54) is 12.1 Å². The van der Waals surface area contributed by atoms with Gasteiger partial charge in [-0.05, 0) is 18.8 Å². The first-order valence-corrected chi connectivity index (χ1v) is 6.86. The number of aromatic hydroxyl groups is 3. The van der Waals surface area contributed by atoms with E-state index in [0.717, 1.165) is 12.8 Å². The largest absolute Gasteiger partial charge is 0.508 e. The molecule has 0 fully saturated rings. The molecule has 0 atom stereocenters. The smallest absolute Gasteiger partial charge is 0.133 e. The molecular formula is C16H26O4. The third-order valence-electron chi connectivity index (χ3n) is 2.61. The fraction of sp³-hybridized carbons (Fsp3) is 0.562. The van der Waals surface area contributed by atoms with E-state index in [-0.39, 0.29) is 17.2 Å². The number of hydrogen-bond acceptors (Lipinski definition) is 4. The summed E-state index contributed by atoms with van der Waals surface area (Å²) in [5.74, 6) is 1.11. The molecule has 3 N–H and O–H groups in total. The van der Waals surface area contributed by atoms with E-state index in [2.05, 4.69) is 27.7 Å². The van der Waals surface area contributed by atoms with Crippen molar-refractivity contribution in [1.29, 1.82) is 0 Å². The minimum atomic E-state index is -0.138. The lowest BCUT2D eigenvalue weighted by atomic mass is 10.00. The molecule has 0 aromatic heterocycles. The summed E-state index contributed by atoms with van der Waals surface area (Å²) < 4.78 is 0. The van der Waals surface area contributed by atoms with Gasteiger partial charge in [0.25, 0.3) is 0 Å². The predicted molar refractivity (Wildman–Crippen MR) is 80.1 cm³/mol. The zero-order valence-corrected chi connectivity index (χ0v) is 13.0. The molecule has 0 radical (unpaired) electrons. The summed E-state index contributed by atoms with van der Waals surface area (Å²) in [5.41, 5.74) is 0.373. The van der Waals surface area contributed by atoms with Crippen LogP contribution in [0, 0.1) is 18.8 Å². The topological polar surface area (TPSA) is 77.8 Å².